The molecule has 1 unspecified atom stereocenters. The molecule has 10 heteroatoms. The summed E-state index contributed by atoms with van der Waals surface area (Å²) in [6.07, 6.45) is 6.46. The van der Waals surface area contributed by atoms with Crippen LogP contribution in [0.4, 0.5) is 5.82 Å². The van der Waals surface area contributed by atoms with E-state index in [-0.39, 0.29) is 24.3 Å². The van der Waals surface area contributed by atoms with E-state index in [9.17, 15) is 10.4 Å². The van der Waals surface area contributed by atoms with E-state index in [1.807, 2.05) is 13.0 Å². The molecule has 0 aliphatic carbocycles. The maximum Gasteiger partial charge on any atom is 0.190 e. The lowest BCUT2D eigenvalue weighted by Crippen LogP contribution is -2.53. The molecular formula is C25H29Cl2N7O. The second kappa shape index (κ2) is 10.3. The highest BCUT2D eigenvalue weighted by Crippen LogP contribution is 2.32. The highest BCUT2D eigenvalue weighted by molar-refractivity contribution is 6.35. The predicted molar refractivity (Wildman–Crippen MR) is 137 cm³/mol. The smallest absolute Gasteiger partial charge is 0.190 e. The number of benzene rings is 1. The van der Waals surface area contributed by atoms with Crippen molar-refractivity contribution in [2.75, 3.05) is 37.7 Å². The summed E-state index contributed by atoms with van der Waals surface area (Å²) in [6, 6.07) is 7.61. The zero-order valence-corrected chi connectivity index (χ0v) is 21.3. The third-order valence-corrected chi connectivity index (χ3v) is 7.95. The number of piperidine rings is 2. The number of aliphatic hydroxyl groups is 1. The zero-order chi connectivity index (χ0) is 24.5. The largest absolute Gasteiger partial charge is 0.396 e. The van der Waals surface area contributed by atoms with Crippen LogP contribution in [0.3, 0.4) is 0 Å². The molecule has 35 heavy (non-hydrogen) atoms. The molecule has 2 fully saturated rings. The third kappa shape index (κ3) is 4.70. The van der Waals surface area contributed by atoms with Crippen LogP contribution in [0.15, 0.2) is 24.4 Å². The Morgan fingerprint density at radius 3 is 2.71 bits per heavy atom. The van der Waals surface area contributed by atoms with Crippen LogP contribution < -0.4 is 4.90 Å². The monoisotopic (exact) mass is 513 g/mol. The number of likely N-dealkylation sites (tertiary alicyclic amines) is 1. The molecule has 1 N–H and O–H groups in total. The molecule has 3 aromatic rings. The van der Waals surface area contributed by atoms with Gasteiger partial charge in [-0.2, -0.15) is 10.4 Å². The summed E-state index contributed by atoms with van der Waals surface area (Å²) in [6.45, 7) is 5.91. The number of anilines is 1. The highest BCUT2D eigenvalue weighted by Gasteiger charge is 2.34. The van der Waals surface area contributed by atoms with Crippen molar-refractivity contribution in [3.05, 3.63) is 45.7 Å². The fourth-order valence-corrected chi connectivity index (χ4v) is 6.07. The van der Waals surface area contributed by atoms with Crippen molar-refractivity contribution in [1.29, 1.82) is 5.26 Å². The Morgan fingerprint density at radius 1 is 1.20 bits per heavy atom. The SMILES string of the molecule is CC(c1ccc(Cl)cc1Cl)n1nc(C#N)c2ncc(N3CC[C@@H](N4CCCCC4)[C@@H](CO)C3)nc21. The average Bonchev–Trinajstić information content (AvgIpc) is 3.26. The zero-order valence-electron chi connectivity index (χ0n) is 19.7. The second-order valence-electron chi connectivity index (χ2n) is 9.49. The van der Waals surface area contributed by atoms with Crippen LogP contribution >= 0.6 is 23.2 Å². The van der Waals surface area contributed by atoms with Crippen molar-refractivity contribution < 1.29 is 5.11 Å². The van der Waals surface area contributed by atoms with Crippen LogP contribution in [0, 0.1) is 17.2 Å². The normalized spacial score (nSPS) is 22.3. The molecule has 8 nitrogen and oxygen atoms in total. The fraction of sp³-hybridized carbons (Fsp3) is 0.520. The number of fused-ring (bicyclic) bond motifs is 1. The molecule has 0 radical (unpaired) electrons. The van der Waals surface area contributed by atoms with E-state index in [1.165, 1.54) is 19.3 Å². The Hall–Kier alpha value is -2.44. The number of nitriles is 1. The lowest BCUT2D eigenvalue weighted by Gasteiger charge is -2.45. The first-order chi connectivity index (χ1) is 17.0. The van der Waals surface area contributed by atoms with Crippen LogP contribution in [0.25, 0.3) is 11.2 Å². The van der Waals surface area contributed by atoms with Gasteiger partial charge in [-0.1, -0.05) is 35.7 Å². The van der Waals surface area contributed by atoms with Crippen molar-refractivity contribution in [2.45, 2.75) is 44.7 Å². The van der Waals surface area contributed by atoms with Gasteiger partial charge in [0, 0.05) is 41.7 Å². The number of aliphatic hydroxyl groups excluding tert-OH is 1. The van der Waals surface area contributed by atoms with Gasteiger partial charge in [-0.3, -0.25) is 4.90 Å². The van der Waals surface area contributed by atoms with E-state index >= 15 is 0 Å². The number of hydrogen-bond donors (Lipinski definition) is 1. The minimum atomic E-state index is -0.274. The molecule has 2 saturated heterocycles. The van der Waals surface area contributed by atoms with Crippen molar-refractivity contribution in [3.63, 3.8) is 0 Å². The van der Waals surface area contributed by atoms with E-state index in [1.54, 1.807) is 23.0 Å². The number of hydrogen-bond acceptors (Lipinski definition) is 7. The van der Waals surface area contributed by atoms with Crippen LogP contribution in [0.5, 0.6) is 0 Å². The quantitative estimate of drug-likeness (QED) is 0.543. The molecule has 1 aromatic carbocycles. The van der Waals surface area contributed by atoms with Crippen molar-refractivity contribution in [3.8, 4) is 6.07 Å². The first kappa shape index (κ1) is 24.3. The molecule has 4 heterocycles. The third-order valence-electron chi connectivity index (χ3n) is 7.39. The maximum absolute atomic E-state index is 10.2. The van der Waals surface area contributed by atoms with Gasteiger partial charge in [-0.15, -0.1) is 0 Å². The van der Waals surface area contributed by atoms with Crippen LogP contribution in [0.2, 0.25) is 10.0 Å². The molecule has 184 valence electrons. The highest BCUT2D eigenvalue weighted by atomic mass is 35.5. The van der Waals surface area contributed by atoms with E-state index in [0.29, 0.717) is 27.3 Å². The number of rotatable bonds is 5. The van der Waals surface area contributed by atoms with Gasteiger partial charge in [0.25, 0.3) is 0 Å². The summed E-state index contributed by atoms with van der Waals surface area (Å²) in [5.41, 5.74) is 2.07. The summed E-state index contributed by atoms with van der Waals surface area (Å²) in [5, 5.41) is 25.4. The molecule has 5 rings (SSSR count). The Balaban J connectivity index is 1.45. The summed E-state index contributed by atoms with van der Waals surface area (Å²) in [5.74, 6) is 0.888. The van der Waals surface area contributed by atoms with Crippen molar-refractivity contribution >= 4 is 40.2 Å². The van der Waals surface area contributed by atoms with Crippen LogP contribution in [0.1, 0.15) is 49.9 Å². The van der Waals surface area contributed by atoms with Gasteiger partial charge in [0.05, 0.1) is 12.2 Å². The summed E-state index contributed by atoms with van der Waals surface area (Å²) >= 11 is 12.5. The standard InChI is InChI=1S/C25H29Cl2N7O/c1-16(19-6-5-18(26)11-20(19)27)34-25-24(21(12-28)31-34)29-13-23(30-25)33-10-7-22(17(14-33)15-35)32-8-3-2-4-9-32/h5-6,11,13,16-17,22,35H,2-4,7-10,14-15H2,1H3/t16?,17-,22-/m1/s1. The predicted octanol–water partition coefficient (Wildman–Crippen LogP) is 4.29. The Morgan fingerprint density at radius 2 is 2.00 bits per heavy atom. The van der Waals surface area contributed by atoms with Gasteiger partial charge >= 0.3 is 0 Å². The van der Waals surface area contributed by atoms with Gasteiger partial charge in [-0.05, 0) is 57.0 Å². The van der Waals surface area contributed by atoms with Gasteiger partial charge in [0.2, 0.25) is 0 Å². The molecule has 0 spiro atoms. The number of aromatic nitrogens is 4. The minimum absolute atomic E-state index is 0.149. The molecule has 2 aliphatic rings. The molecule has 0 amide bonds. The first-order valence-electron chi connectivity index (χ1n) is 12.2. The maximum atomic E-state index is 10.2. The lowest BCUT2D eigenvalue weighted by atomic mass is 9.90. The molecule has 2 aliphatic heterocycles. The van der Waals surface area contributed by atoms with Crippen molar-refractivity contribution in [1.82, 2.24) is 24.6 Å². The van der Waals surface area contributed by atoms with Gasteiger partial charge < -0.3 is 10.0 Å². The second-order valence-corrected chi connectivity index (χ2v) is 10.3. The topological polar surface area (TPSA) is 94.1 Å². The van der Waals surface area contributed by atoms with E-state index in [2.05, 4.69) is 26.0 Å². The van der Waals surface area contributed by atoms with E-state index in [4.69, 9.17) is 28.2 Å². The number of nitrogens with zero attached hydrogens (tertiary/aromatic N) is 7. The molecule has 0 saturated carbocycles. The Kier molecular flexibility index (Phi) is 7.12. The van der Waals surface area contributed by atoms with Gasteiger partial charge in [0.15, 0.2) is 11.3 Å². The fourth-order valence-electron chi connectivity index (χ4n) is 5.51. The summed E-state index contributed by atoms with van der Waals surface area (Å²) in [7, 11) is 0. The molecule has 2 aromatic heterocycles. The average molecular weight is 514 g/mol. The van der Waals surface area contributed by atoms with Crippen LogP contribution in [-0.4, -0.2) is 68.6 Å². The van der Waals surface area contributed by atoms with Gasteiger partial charge in [0.1, 0.15) is 17.4 Å². The molecular weight excluding hydrogens is 485 g/mol. The van der Waals surface area contributed by atoms with Crippen molar-refractivity contribution in [2.24, 2.45) is 5.92 Å². The van der Waals surface area contributed by atoms with Gasteiger partial charge in [-0.25, -0.2) is 14.6 Å². The van der Waals surface area contributed by atoms with E-state index in [0.717, 1.165) is 44.0 Å². The van der Waals surface area contributed by atoms with E-state index < -0.39 is 0 Å². The Labute approximate surface area is 215 Å². The first-order valence-corrected chi connectivity index (χ1v) is 13.0. The lowest BCUT2D eigenvalue weighted by molar-refractivity contribution is 0.0676. The molecule has 3 atom stereocenters. The molecule has 0 bridgehead atoms. The summed E-state index contributed by atoms with van der Waals surface area (Å²) < 4.78 is 1.71. The van der Waals surface area contributed by atoms with Crippen LogP contribution in [-0.2, 0) is 0 Å². The number of halogens is 2. The Bertz CT molecular complexity index is 1250. The summed E-state index contributed by atoms with van der Waals surface area (Å²) in [4.78, 5) is 14.2. The minimum Gasteiger partial charge on any atom is -0.396 e.